The van der Waals surface area contributed by atoms with Gasteiger partial charge in [0.15, 0.2) is 0 Å². The Morgan fingerprint density at radius 3 is 2.76 bits per heavy atom. The third-order valence-corrected chi connectivity index (χ3v) is 2.99. The van der Waals surface area contributed by atoms with Gasteiger partial charge in [-0.15, -0.1) is 0 Å². The summed E-state index contributed by atoms with van der Waals surface area (Å²) in [4.78, 5) is 25.1. The van der Waals surface area contributed by atoms with Gasteiger partial charge in [-0.2, -0.15) is 0 Å². The summed E-state index contributed by atoms with van der Waals surface area (Å²) in [5.41, 5.74) is 5.13. The molecule has 0 saturated carbocycles. The Hall–Kier alpha value is -1.10. The lowest BCUT2D eigenvalue weighted by Gasteiger charge is -2.27. The second-order valence-corrected chi connectivity index (χ2v) is 5.26. The fourth-order valence-corrected chi connectivity index (χ4v) is 1.85. The highest BCUT2D eigenvalue weighted by Gasteiger charge is 2.23. The van der Waals surface area contributed by atoms with E-state index in [0.717, 1.165) is 19.3 Å². The molecule has 1 fully saturated rings. The van der Waals surface area contributed by atoms with Crippen LogP contribution in [0.25, 0.3) is 0 Å². The number of carbonyl (C=O) groups excluding carboxylic acids is 2. The van der Waals surface area contributed by atoms with Crippen LogP contribution in [0, 0.1) is 0 Å². The van der Waals surface area contributed by atoms with E-state index < -0.39 is 5.54 Å². The molecular weight excluding hydrogens is 218 g/mol. The lowest BCUT2D eigenvalue weighted by Crippen LogP contribution is -2.52. The number of hydrogen-bond acceptors (Lipinski definition) is 3. The van der Waals surface area contributed by atoms with Crippen LogP contribution in [0.5, 0.6) is 0 Å². The first kappa shape index (κ1) is 14.0. The summed E-state index contributed by atoms with van der Waals surface area (Å²) in [5, 5.41) is 2.84. The van der Waals surface area contributed by atoms with Gasteiger partial charge in [0.1, 0.15) is 0 Å². The molecule has 0 aliphatic carbocycles. The molecule has 1 aliphatic rings. The Labute approximate surface area is 103 Å². The number of carbonyl (C=O) groups is 2. The van der Waals surface area contributed by atoms with E-state index in [4.69, 9.17) is 5.73 Å². The van der Waals surface area contributed by atoms with Crippen LogP contribution in [-0.4, -0.2) is 41.9 Å². The van der Waals surface area contributed by atoms with Crippen molar-refractivity contribution in [2.75, 3.05) is 19.6 Å². The van der Waals surface area contributed by atoms with Gasteiger partial charge in [-0.3, -0.25) is 9.59 Å². The maximum absolute atomic E-state index is 11.8. The minimum absolute atomic E-state index is 0.0863. The molecule has 0 aromatic rings. The summed E-state index contributed by atoms with van der Waals surface area (Å²) >= 11 is 0. The summed E-state index contributed by atoms with van der Waals surface area (Å²) in [7, 11) is 0. The largest absolute Gasteiger partial charge is 0.348 e. The van der Waals surface area contributed by atoms with Crippen molar-refractivity contribution in [2.24, 2.45) is 5.73 Å². The molecule has 3 N–H and O–H groups in total. The molecule has 1 heterocycles. The second kappa shape index (κ2) is 6.00. The number of likely N-dealkylation sites (tertiary alicyclic amines) is 1. The van der Waals surface area contributed by atoms with Crippen LogP contribution in [0.4, 0.5) is 0 Å². The van der Waals surface area contributed by atoms with E-state index in [1.165, 1.54) is 0 Å². The van der Waals surface area contributed by atoms with E-state index in [1.807, 2.05) is 13.8 Å². The highest BCUT2D eigenvalue weighted by atomic mass is 16.2. The summed E-state index contributed by atoms with van der Waals surface area (Å²) in [6, 6.07) is 0. The monoisotopic (exact) mass is 241 g/mol. The number of rotatable bonds is 4. The zero-order valence-electron chi connectivity index (χ0n) is 10.8. The highest BCUT2D eigenvalue weighted by molar-refractivity contribution is 5.85. The van der Waals surface area contributed by atoms with Crippen LogP contribution in [-0.2, 0) is 9.59 Å². The van der Waals surface area contributed by atoms with Crippen molar-refractivity contribution >= 4 is 11.8 Å². The van der Waals surface area contributed by atoms with Gasteiger partial charge < -0.3 is 16.0 Å². The molecule has 5 nitrogen and oxygen atoms in total. The Kier molecular flexibility index (Phi) is 4.93. The van der Waals surface area contributed by atoms with E-state index in [-0.39, 0.29) is 18.4 Å². The quantitative estimate of drug-likeness (QED) is 0.740. The molecule has 2 amide bonds. The lowest BCUT2D eigenvalue weighted by molar-refractivity contribution is -0.136. The average molecular weight is 241 g/mol. The zero-order valence-corrected chi connectivity index (χ0v) is 10.8. The van der Waals surface area contributed by atoms with Gasteiger partial charge in [-0.05, 0) is 26.7 Å². The highest BCUT2D eigenvalue weighted by Crippen LogP contribution is 2.10. The molecule has 0 bridgehead atoms. The van der Waals surface area contributed by atoms with Gasteiger partial charge in [0, 0.05) is 25.0 Å². The topological polar surface area (TPSA) is 75.4 Å². The maximum Gasteiger partial charge on any atom is 0.240 e. The average Bonchev–Trinajstić information content (AvgIpc) is 2.44. The molecule has 0 radical (unpaired) electrons. The molecule has 5 heteroatoms. The van der Waals surface area contributed by atoms with E-state index in [1.54, 1.807) is 4.90 Å². The fraction of sp³-hybridized carbons (Fsp3) is 0.833. The number of nitrogens with two attached hydrogens (primary N) is 1. The van der Waals surface area contributed by atoms with Crippen LogP contribution < -0.4 is 11.1 Å². The Morgan fingerprint density at radius 2 is 2.12 bits per heavy atom. The van der Waals surface area contributed by atoms with E-state index in [2.05, 4.69) is 5.32 Å². The summed E-state index contributed by atoms with van der Waals surface area (Å²) < 4.78 is 0. The lowest BCUT2D eigenvalue weighted by atomic mass is 10.1. The predicted molar refractivity (Wildman–Crippen MR) is 66.3 cm³/mol. The van der Waals surface area contributed by atoms with Crippen molar-refractivity contribution in [3.8, 4) is 0 Å². The minimum Gasteiger partial charge on any atom is -0.348 e. The van der Waals surface area contributed by atoms with Crippen molar-refractivity contribution in [2.45, 2.75) is 45.1 Å². The Bertz CT molecular complexity index is 289. The van der Waals surface area contributed by atoms with Crippen LogP contribution in [0.1, 0.15) is 39.5 Å². The molecule has 1 rings (SSSR count). The van der Waals surface area contributed by atoms with Gasteiger partial charge in [-0.1, -0.05) is 6.42 Å². The fourth-order valence-electron chi connectivity index (χ4n) is 1.85. The third-order valence-electron chi connectivity index (χ3n) is 2.99. The molecule has 0 aromatic heterocycles. The first-order valence-corrected chi connectivity index (χ1v) is 6.23. The second-order valence-electron chi connectivity index (χ2n) is 5.26. The van der Waals surface area contributed by atoms with E-state index >= 15 is 0 Å². The van der Waals surface area contributed by atoms with Crippen LogP contribution in [0.15, 0.2) is 0 Å². The summed E-state index contributed by atoms with van der Waals surface area (Å²) in [6.45, 7) is 4.97. The minimum atomic E-state index is -0.411. The van der Waals surface area contributed by atoms with Gasteiger partial charge in [-0.25, -0.2) is 0 Å². The molecule has 0 atom stereocenters. The van der Waals surface area contributed by atoms with Crippen molar-refractivity contribution in [3.63, 3.8) is 0 Å². The molecule has 98 valence electrons. The van der Waals surface area contributed by atoms with Crippen molar-refractivity contribution in [1.82, 2.24) is 10.2 Å². The molecule has 1 aliphatic heterocycles. The van der Waals surface area contributed by atoms with Gasteiger partial charge in [0.05, 0.1) is 6.54 Å². The Morgan fingerprint density at radius 1 is 1.41 bits per heavy atom. The van der Waals surface area contributed by atoms with Crippen LogP contribution in [0.2, 0.25) is 0 Å². The standard InChI is InChI=1S/C12H23N3O2/c1-12(2,9-13)14-10(16)8-15-7-5-3-4-6-11(15)17/h3-9,13H2,1-2H3,(H,14,16). The first-order valence-electron chi connectivity index (χ1n) is 6.23. The molecule has 1 saturated heterocycles. The molecule has 0 aromatic carbocycles. The predicted octanol–water partition coefficient (Wildman–Crippen LogP) is 0.243. The van der Waals surface area contributed by atoms with Gasteiger partial charge in [0.25, 0.3) is 0 Å². The molecule has 0 spiro atoms. The number of amides is 2. The van der Waals surface area contributed by atoms with Crippen LogP contribution in [0.3, 0.4) is 0 Å². The van der Waals surface area contributed by atoms with Crippen molar-refractivity contribution in [3.05, 3.63) is 0 Å². The first-order chi connectivity index (χ1) is 7.94. The third kappa shape index (κ3) is 4.73. The number of nitrogens with one attached hydrogen (secondary N) is 1. The smallest absolute Gasteiger partial charge is 0.240 e. The summed E-state index contributed by atoms with van der Waals surface area (Å²) in [5.74, 6) is -0.0427. The van der Waals surface area contributed by atoms with Gasteiger partial charge in [0.2, 0.25) is 11.8 Å². The maximum atomic E-state index is 11.8. The van der Waals surface area contributed by atoms with E-state index in [9.17, 15) is 9.59 Å². The molecular formula is C12H23N3O2. The normalized spacial score (nSPS) is 17.8. The SMILES string of the molecule is CC(C)(CN)NC(=O)CN1CCCCCC1=O. The Balaban J connectivity index is 2.46. The zero-order chi connectivity index (χ0) is 12.9. The number of nitrogens with zero attached hydrogens (tertiary/aromatic N) is 1. The summed E-state index contributed by atoms with van der Waals surface area (Å²) in [6.07, 6.45) is 3.55. The van der Waals surface area contributed by atoms with Crippen molar-refractivity contribution < 1.29 is 9.59 Å². The van der Waals surface area contributed by atoms with E-state index in [0.29, 0.717) is 19.5 Å². The molecule has 17 heavy (non-hydrogen) atoms. The van der Waals surface area contributed by atoms with Crippen LogP contribution >= 0.6 is 0 Å². The number of hydrogen-bond donors (Lipinski definition) is 2. The van der Waals surface area contributed by atoms with Gasteiger partial charge >= 0.3 is 0 Å². The van der Waals surface area contributed by atoms with Crippen molar-refractivity contribution in [1.29, 1.82) is 0 Å². The molecule has 0 unspecified atom stereocenters.